The third kappa shape index (κ3) is 3.88. The SMILES string of the molecule is CCOC(CC#N)CC#N. The molecule has 0 heterocycles. The summed E-state index contributed by atoms with van der Waals surface area (Å²) in [4.78, 5) is 0. The van der Waals surface area contributed by atoms with E-state index >= 15 is 0 Å². The van der Waals surface area contributed by atoms with Crippen molar-refractivity contribution < 1.29 is 4.74 Å². The van der Waals surface area contributed by atoms with E-state index in [0.29, 0.717) is 19.4 Å². The minimum absolute atomic E-state index is 0.194. The average Bonchev–Trinajstić information content (AvgIpc) is 1.90. The molecular weight excluding hydrogens is 128 g/mol. The molecule has 0 radical (unpaired) electrons. The van der Waals surface area contributed by atoms with E-state index in [-0.39, 0.29) is 6.10 Å². The van der Waals surface area contributed by atoms with E-state index < -0.39 is 0 Å². The fraction of sp³-hybridized carbons (Fsp3) is 0.714. The summed E-state index contributed by atoms with van der Waals surface area (Å²) in [5, 5.41) is 16.5. The Bertz CT molecular complexity index is 138. The Balaban J connectivity index is 3.54. The van der Waals surface area contributed by atoms with Crippen LogP contribution < -0.4 is 0 Å². The summed E-state index contributed by atoms with van der Waals surface area (Å²) >= 11 is 0. The van der Waals surface area contributed by atoms with Crippen LogP contribution in [0.15, 0.2) is 0 Å². The number of nitriles is 2. The van der Waals surface area contributed by atoms with Gasteiger partial charge in [-0.15, -0.1) is 0 Å². The second-order valence-electron chi connectivity index (χ2n) is 1.80. The van der Waals surface area contributed by atoms with Crippen molar-refractivity contribution >= 4 is 0 Å². The van der Waals surface area contributed by atoms with Gasteiger partial charge >= 0.3 is 0 Å². The van der Waals surface area contributed by atoms with E-state index in [1.165, 1.54) is 0 Å². The van der Waals surface area contributed by atoms with Crippen LogP contribution in [-0.4, -0.2) is 12.7 Å². The van der Waals surface area contributed by atoms with Crippen LogP contribution in [0.25, 0.3) is 0 Å². The zero-order valence-corrected chi connectivity index (χ0v) is 6.00. The number of hydrogen-bond acceptors (Lipinski definition) is 3. The molecule has 0 rings (SSSR count). The van der Waals surface area contributed by atoms with Gasteiger partial charge in [-0.05, 0) is 6.92 Å². The molecule has 0 aromatic heterocycles. The predicted molar refractivity (Wildman–Crippen MR) is 35.9 cm³/mol. The molecule has 3 heteroatoms. The molecule has 0 spiro atoms. The third-order valence-electron chi connectivity index (χ3n) is 1.04. The highest BCUT2D eigenvalue weighted by molar-refractivity contribution is 4.83. The molecule has 0 bridgehead atoms. The van der Waals surface area contributed by atoms with Crippen LogP contribution in [0.1, 0.15) is 19.8 Å². The van der Waals surface area contributed by atoms with Crippen LogP contribution in [-0.2, 0) is 4.74 Å². The molecule has 54 valence electrons. The molecule has 0 aliphatic rings. The van der Waals surface area contributed by atoms with Crippen LogP contribution in [0.5, 0.6) is 0 Å². The standard InChI is InChI=1S/C7H10N2O/c1-2-10-7(3-5-8)4-6-9/h7H,2-4H2,1H3. The van der Waals surface area contributed by atoms with Crippen molar-refractivity contribution in [3.63, 3.8) is 0 Å². The molecule has 0 aliphatic carbocycles. The van der Waals surface area contributed by atoms with Crippen LogP contribution >= 0.6 is 0 Å². The topological polar surface area (TPSA) is 56.8 Å². The van der Waals surface area contributed by atoms with Crippen LogP contribution in [0, 0.1) is 22.7 Å². The molecule has 0 saturated carbocycles. The number of hydrogen-bond donors (Lipinski definition) is 0. The Labute approximate surface area is 60.8 Å². The van der Waals surface area contributed by atoms with Crippen LogP contribution in [0.3, 0.4) is 0 Å². The highest BCUT2D eigenvalue weighted by atomic mass is 16.5. The molecule has 0 atom stereocenters. The second-order valence-corrected chi connectivity index (χ2v) is 1.80. The Morgan fingerprint density at radius 1 is 1.30 bits per heavy atom. The molecule has 3 nitrogen and oxygen atoms in total. The summed E-state index contributed by atoms with van der Waals surface area (Å²) < 4.78 is 5.08. The van der Waals surface area contributed by atoms with Gasteiger partial charge in [-0.25, -0.2) is 0 Å². The zero-order chi connectivity index (χ0) is 7.82. The molecule has 0 fully saturated rings. The van der Waals surface area contributed by atoms with Crippen molar-refractivity contribution in [2.45, 2.75) is 25.9 Å². The monoisotopic (exact) mass is 138 g/mol. The van der Waals surface area contributed by atoms with Gasteiger partial charge in [0.15, 0.2) is 0 Å². The molecule has 0 aromatic rings. The first-order valence-electron chi connectivity index (χ1n) is 3.20. The fourth-order valence-electron chi connectivity index (χ4n) is 0.629. The molecule has 0 aliphatic heterocycles. The van der Waals surface area contributed by atoms with Crippen LogP contribution in [0.4, 0.5) is 0 Å². The maximum absolute atomic E-state index is 8.25. The van der Waals surface area contributed by atoms with E-state index in [2.05, 4.69) is 0 Å². The van der Waals surface area contributed by atoms with Crippen LogP contribution in [0.2, 0.25) is 0 Å². The summed E-state index contributed by atoms with van der Waals surface area (Å²) in [5.74, 6) is 0. The Hall–Kier alpha value is -1.06. The van der Waals surface area contributed by atoms with Gasteiger partial charge in [0.2, 0.25) is 0 Å². The predicted octanol–water partition coefficient (Wildman–Crippen LogP) is 1.22. The fourth-order valence-corrected chi connectivity index (χ4v) is 0.629. The van der Waals surface area contributed by atoms with Gasteiger partial charge in [0, 0.05) is 6.61 Å². The van der Waals surface area contributed by atoms with E-state index in [4.69, 9.17) is 15.3 Å². The average molecular weight is 138 g/mol. The van der Waals surface area contributed by atoms with E-state index in [0.717, 1.165) is 0 Å². The van der Waals surface area contributed by atoms with E-state index in [9.17, 15) is 0 Å². The molecule has 0 saturated heterocycles. The third-order valence-corrected chi connectivity index (χ3v) is 1.04. The maximum Gasteiger partial charge on any atom is 0.0834 e. The first kappa shape index (κ1) is 8.94. The number of nitrogens with zero attached hydrogens (tertiary/aromatic N) is 2. The molecule has 0 N–H and O–H groups in total. The normalized spacial score (nSPS) is 8.80. The maximum atomic E-state index is 8.25. The van der Waals surface area contributed by atoms with Crippen molar-refractivity contribution in [1.82, 2.24) is 0 Å². The van der Waals surface area contributed by atoms with Gasteiger partial charge in [-0.3, -0.25) is 0 Å². The number of rotatable bonds is 4. The smallest absolute Gasteiger partial charge is 0.0834 e. The first-order valence-corrected chi connectivity index (χ1v) is 3.20. The lowest BCUT2D eigenvalue weighted by molar-refractivity contribution is 0.0697. The van der Waals surface area contributed by atoms with E-state index in [1.807, 2.05) is 19.1 Å². The minimum atomic E-state index is -0.194. The van der Waals surface area contributed by atoms with Gasteiger partial charge in [-0.1, -0.05) is 0 Å². The molecule has 10 heavy (non-hydrogen) atoms. The van der Waals surface area contributed by atoms with Gasteiger partial charge in [0.25, 0.3) is 0 Å². The van der Waals surface area contributed by atoms with Crippen molar-refractivity contribution in [1.29, 1.82) is 10.5 Å². The summed E-state index contributed by atoms with van der Waals surface area (Å²) in [6, 6.07) is 3.92. The summed E-state index contributed by atoms with van der Waals surface area (Å²) in [6.07, 6.45) is 0.419. The van der Waals surface area contributed by atoms with Gasteiger partial charge in [-0.2, -0.15) is 10.5 Å². The van der Waals surface area contributed by atoms with E-state index in [1.54, 1.807) is 0 Å². The van der Waals surface area contributed by atoms with Gasteiger partial charge in [0.1, 0.15) is 0 Å². The lowest BCUT2D eigenvalue weighted by Crippen LogP contribution is -2.10. The molecule has 0 unspecified atom stereocenters. The minimum Gasteiger partial charge on any atom is -0.376 e. The Morgan fingerprint density at radius 3 is 2.10 bits per heavy atom. The summed E-state index contributed by atoms with van der Waals surface area (Å²) in [5.41, 5.74) is 0. The molecular formula is C7H10N2O. The molecule has 0 aromatic carbocycles. The van der Waals surface area contributed by atoms with Crippen molar-refractivity contribution in [3.05, 3.63) is 0 Å². The highest BCUT2D eigenvalue weighted by Gasteiger charge is 2.05. The summed E-state index contributed by atoms with van der Waals surface area (Å²) in [6.45, 7) is 2.41. The first-order chi connectivity index (χ1) is 4.85. The number of ether oxygens (including phenoxy) is 1. The summed E-state index contributed by atoms with van der Waals surface area (Å²) in [7, 11) is 0. The zero-order valence-electron chi connectivity index (χ0n) is 6.00. The lowest BCUT2D eigenvalue weighted by atomic mass is 10.2. The Kier molecular flexibility index (Phi) is 5.42. The Morgan fingerprint density at radius 2 is 1.80 bits per heavy atom. The van der Waals surface area contributed by atoms with Crippen molar-refractivity contribution in [3.8, 4) is 12.1 Å². The van der Waals surface area contributed by atoms with Gasteiger partial charge in [0.05, 0.1) is 31.1 Å². The molecule has 0 amide bonds. The second kappa shape index (κ2) is 6.07. The quantitative estimate of drug-likeness (QED) is 0.586. The van der Waals surface area contributed by atoms with Gasteiger partial charge < -0.3 is 4.74 Å². The van der Waals surface area contributed by atoms with Crippen molar-refractivity contribution in [2.75, 3.05) is 6.61 Å². The lowest BCUT2D eigenvalue weighted by Gasteiger charge is -2.07. The largest absolute Gasteiger partial charge is 0.376 e. The van der Waals surface area contributed by atoms with Crippen molar-refractivity contribution in [2.24, 2.45) is 0 Å². The highest BCUT2D eigenvalue weighted by Crippen LogP contribution is 2.01.